The fraction of sp³-hybridized carbons (Fsp3) is 0.250. The molecule has 26 heavy (non-hydrogen) atoms. The van der Waals surface area contributed by atoms with Gasteiger partial charge < -0.3 is 9.84 Å². The topological polar surface area (TPSA) is 81.4 Å². The van der Waals surface area contributed by atoms with E-state index in [2.05, 4.69) is 5.10 Å². The monoisotopic (exact) mass is 352 g/mol. The molecule has 0 radical (unpaired) electrons. The lowest BCUT2D eigenvalue weighted by atomic mass is 10.0. The smallest absolute Gasteiger partial charge is 0.434 e. The number of rotatable bonds is 6. The van der Waals surface area contributed by atoms with Gasteiger partial charge in [0.25, 0.3) is 0 Å². The van der Waals surface area contributed by atoms with Crippen molar-refractivity contribution in [3.63, 3.8) is 0 Å². The zero-order chi connectivity index (χ0) is 18.5. The van der Waals surface area contributed by atoms with Gasteiger partial charge in [-0.2, -0.15) is 9.78 Å². The quantitative estimate of drug-likeness (QED) is 0.722. The number of carbonyl (C=O) groups excluding carboxylic acids is 1. The molecule has 134 valence electrons. The first-order chi connectivity index (χ1) is 12.6. The summed E-state index contributed by atoms with van der Waals surface area (Å²) < 4.78 is 6.29. The van der Waals surface area contributed by atoms with Crippen LogP contribution in [0.15, 0.2) is 48.5 Å². The number of fused-ring (bicyclic) bond motifs is 1. The molecule has 6 heteroatoms. The van der Waals surface area contributed by atoms with Gasteiger partial charge in [0, 0.05) is 12.0 Å². The number of carboxylic acid groups (broad SMARTS) is 1. The minimum Gasteiger partial charge on any atom is -0.481 e. The Bertz CT molecular complexity index is 946. The number of hydrogen-bond acceptors (Lipinski definition) is 4. The third kappa shape index (κ3) is 3.91. The summed E-state index contributed by atoms with van der Waals surface area (Å²) in [5.41, 5.74) is 2.20. The molecule has 1 heterocycles. The largest absolute Gasteiger partial charge is 0.481 e. The molecular weight excluding hydrogens is 332 g/mol. The predicted octanol–water partition coefficient (Wildman–Crippen LogP) is 4.12. The normalized spacial score (nSPS) is 10.8. The number of carbonyl (C=O) groups is 2. The summed E-state index contributed by atoms with van der Waals surface area (Å²) >= 11 is 0. The molecule has 0 aliphatic heterocycles. The van der Waals surface area contributed by atoms with E-state index < -0.39 is 12.1 Å². The molecule has 3 aromatic rings. The van der Waals surface area contributed by atoms with Crippen LogP contribution in [-0.4, -0.2) is 33.6 Å². The zero-order valence-electron chi connectivity index (χ0n) is 14.5. The standard InChI is InChI=1S/C20H20N2O4/c1-2-26-20(25)22-17(8-5-9-19(23)24)13-18(21-22)16-11-10-14-6-3-4-7-15(14)12-16/h3-4,6-7,10-13H,2,5,8-9H2,1H3,(H,23,24). The van der Waals surface area contributed by atoms with Gasteiger partial charge >= 0.3 is 12.1 Å². The fourth-order valence-corrected chi connectivity index (χ4v) is 2.85. The average Bonchev–Trinajstić information content (AvgIpc) is 3.05. The number of ether oxygens (including phenoxy) is 1. The first kappa shape index (κ1) is 17.7. The number of aromatic nitrogens is 2. The number of nitrogens with zero attached hydrogens (tertiary/aromatic N) is 2. The number of aryl methyl sites for hydroxylation is 1. The number of aliphatic carboxylic acids is 1. The van der Waals surface area contributed by atoms with Crippen LogP contribution in [-0.2, 0) is 16.0 Å². The van der Waals surface area contributed by atoms with E-state index in [0.717, 1.165) is 16.3 Å². The molecule has 0 unspecified atom stereocenters. The summed E-state index contributed by atoms with van der Waals surface area (Å²) in [4.78, 5) is 22.9. The maximum atomic E-state index is 12.2. The number of hydrogen-bond donors (Lipinski definition) is 1. The summed E-state index contributed by atoms with van der Waals surface area (Å²) in [5, 5.41) is 15.4. The van der Waals surface area contributed by atoms with E-state index in [1.54, 1.807) is 6.92 Å². The maximum absolute atomic E-state index is 12.2. The van der Waals surface area contributed by atoms with Gasteiger partial charge in [-0.1, -0.05) is 36.4 Å². The van der Waals surface area contributed by atoms with Gasteiger partial charge in [0.1, 0.15) is 0 Å². The lowest BCUT2D eigenvalue weighted by Gasteiger charge is -2.05. The van der Waals surface area contributed by atoms with Crippen molar-refractivity contribution in [1.82, 2.24) is 9.78 Å². The molecule has 0 amide bonds. The first-order valence-corrected chi connectivity index (χ1v) is 8.55. The average molecular weight is 352 g/mol. The lowest BCUT2D eigenvalue weighted by molar-refractivity contribution is -0.137. The van der Waals surface area contributed by atoms with Crippen molar-refractivity contribution in [2.75, 3.05) is 6.61 Å². The third-order valence-electron chi connectivity index (χ3n) is 4.09. The van der Waals surface area contributed by atoms with Crippen molar-refractivity contribution in [3.8, 4) is 11.3 Å². The van der Waals surface area contributed by atoms with Crippen LogP contribution in [0.2, 0.25) is 0 Å². The Morgan fingerprint density at radius 2 is 1.88 bits per heavy atom. The van der Waals surface area contributed by atoms with Crippen LogP contribution in [0.3, 0.4) is 0 Å². The van der Waals surface area contributed by atoms with Gasteiger partial charge in [-0.15, -0.1) is 0 Å². The van der Waals surface area contributed by atoms with Crippen molar-refractivity contribution < 1.29 is 19.4 Å². The van der Waals surface area contributed by atoms with Crippen LogP contribution in [0.25, 0.3) is 22.0 Å². The van der Waals surface area contributed by atoms with Crippen LogP contribution < -0.4 is 0 Å². The second-order valence-electron chi connectivity index (χ2n) is 5.94. The second kappa shape index (κ2) is 7.82. The summed E-state index contributed by atoms with van der Waals surface area (Å²) in [6, 6.07) is 15.8. The third-order valence-corrected chi connectivity index (χ3v) is 4.09. The molecule has 0 spiro atoms. The van der Waals surface area contributed by atoms with E-state index in [4.69, 9.17) is 9.84 Å². The fourth-order valence-electron chi connectivity index (χ4n) is 2.85. The highest BCUT2D eigenvalue weighted by molar-refractivity contribution is 5.87. The molecule has 0 bridgehead atoms. The molecule has 1 aromatic heterocycles. The van der Waals surface area contributed by atoms with Gasteiger partial charge in [-0.3, -0.25) is 4.79 Å². The van der Waals surface area contributed by atoms with Crippen molar-refractivity contribution in [1.29, 1.82) is 0 Å². The molecule has 0 aliphatic rings. The first-order valence-electron chi connectivity index (χ1n) is 8.55. The van der Waals surface area contributed by atoms with Gasteiger partial charge in [0.2, 0.25) is 0 Å². The van der Waals surface area contributed by atoms with Gasteiger partial charge in [-0.05, 0) is 42.7 Å². The van der Waals surface area contributed by atoms with E-state index in [0.29, 0.717) is 24.2 Å². The van der Waals surface area contributed by atoms with E-state index >= 15 is 0 Å². The van der Waals surface area contributed by atoms with Crippen molar-refractivity contribution >= 4 is 22.8 Å². The lowest BCUT2D eigenvalue weighted by Crippen LogP contribution is -2.18. The Kier molecular flexibility index (Phi) is 5.31. The van der Waals surface area contributed by atoms with E-state index in [1.807, 2.05) is 48.5 Å². The van der Waals surface area contributed by atoms with Crippen LogP contribution >= 0.6 is 0 Å². The summed E-state index contributed by atoms with van der Waals surface area (Å²) in [6.07, 6.45) is 0.354. The molecule has 0 saturated heterocycles. The van der Waals surface area contributed by atoms with Crippen molar-refractivity contribution in [2.24, 2.45) is 0 Å². The Balaban J connectivity index is 1.95. The minimum atomic E-state index is -0.859. The second-order valence-corrected chi connectivity index (χ2v) is 5.94. The summed E-state index contributed by atoms with van der Waals surface area (Å²) in [7, 11) is 0. The SMILES string of the molecule is CCOC(=O)n1nc(-c2ccc3ccccc3c2)cc1CCCC(=O)O. The molecule has 0 saturated carbocycles. The molecular formula is C20H20N2O4. The highest BCUT2D eigenvalue weighted by atomic mass is 16.5. The van der Waals surface area contributed by atoms with E-state index in [-0.39, 0.29) is 13.0 Å². The molecule has 6 nitrogen and oxygen atoms in total. The molecule has 0 atom stereocenters. The highest BCUT2D eigenvalue weighted by Gasteiger charge is 2.16. The minimum absolute atomic E-state index is 0.0410. The van der Waals surface area contributed by atoms with E-state index in [9.17, 15) is 9.59 Å². The van der Waals surface area contributed by atoms with Gasteiger partial charge in [0.05, 0.1) is 18.0 Å². The van der Waals surface area contributed by atoms with E-state index in [1.165, 1.54) is 4.68 Å². The molecule has 0 aliphatic carbocycles. The molecule has 1 N–H and O–H groups in total. The summed E-state index contributed by atoms with van der Waals surface area (Å²) in [6.45, 7) is 1.98. The Labute approximate surface area is 151 Å². The van der Waals surface area contributed by atoms with Gasteiger partial charge in [-0.25, -0.2) is 4.79 Å². The maximum Gasteiger partial charge on any atom is 0.434 e. The molecule has 2 aromatic carbocycles. The number of carboxylic acids is 1. The van der Waals surface area contributed by atoms with Crippen LogP contribution in [0, 0.1) is 0 Å². The number of benzene rings is 2. The molecule has 3 rings (SSSR count). The van der Waals surface area contributed by atoms with Gasteiger partial charge in [0.15, 0.2) is 0 Å². The predicted molar refractivity (Wildman–Crippen MR) is 98.2 cm³/mol. The van der Waals surface area contributed by atoms with Crippen LogP contribution in [0.4, 0.5) is 4.79 Å². The summed E-state index contributed by atoms with van der Waals surface area (Å²) in [5.74, 6) is -0.859. The zero-order valence-corrected chi connectivity index (χ0v) is 14.5. The Morgan fingerprint density at radius 1 is 1.12 bits per heavy atom. The van der Waals surface area contributed by atoms with Crippen molar-refractivity contribution in [3.05, 3.63) is 54.2 Å². The Hall–Kier alpha value is -3.15. The van der Waals surface area contributed by atoms with Crippen molar-refractivity contribution in [2.45, 2.75) is 26.2 Å². The molecule has 0 fully saturated rings. The Morgan fingerprint density at radius 3 is 2.62 bits per heavy atom. The van der Waals surface area contributed by atoms with Crippen LogP contribution in [0.5, 0.6) is 0 Å². The highest BCUT2D eigenvalue weighted by Crippen LogP contribution is 2.25. The van der Waals surface area contributed by atoms with Crippen LogP contribution in [0.1, 0.15) is 25.5 Å².